The van der Waals surface area contributed by atoms with Crippen LogP contribution in [0.1, 0.15) is 6.92 Å². The van der Waals surface area contributed by atoms with Crippen LogP contribution in [-0.2, 0) is 0 Å². The van der Waals surface area contributed by atoms with Gasteiger partial charge in [0.05, 0.1) is 18.6 Å². The number of aromatic nitrogens is 2. The predicted octanol–water partition coefficient (Wildman–Crippen LogP) is 3.52. The number of rotatable bonds is 6. The van der Waals surface area contributed by atoms with Crippen molar-refractivity contribution >= 4 is 39.0 Å². The van der Waals surface area contributed by atoms with Gasteiger partial charge < -0.3 is 14.7 Å². The minimum absolute atomic E-state index is 0.190. The Morgan fingerprint density at radius 1 is 1.14 bits per heavy atom. The van der Waals surface area contributed by atoms with E-state index in [-0.39, 0.29) is 11.9 Å². The molecule has 6 nitrogen and oxygen atoms in total. The summed E-state index contributed by atoms with van der Waals surface area (Å²) in [6.45, 7) is 7.02. The van der Waals surface area contributed by atoms with Gasteiger partial charge in [-0.3, -0.25) is 4.90 Å². The number of ether oxygens (including phenoxy) is 1. The summed E-state index contributed by atoms with van der Waals surface area (Å²) in [6, 6.07) is 8.13. The molecule has 1 aliphatic rings. The van der Waals surface area contributed by atoms with Crippen LogP contribution in [0.2, 0.25) is 5.28 Å². The van der Waals surface area contributed by atoms with Crippen LogP contribution in [0.3, 0.4) is 0 Å². The Bertz CT molecular complexity index is 939. The summed E-state index contributed by atoms with van der Waals surface area (Å²) in [5.41, 5.74) is 2.23. The van der Waals surface area contributed by atoms with Crippen molar-refractivity contribution in [3.8, 4) is 16.9 Å². The fourth-order valence-corrected chi connectivity index (χ4v) is 4.72. The van der Waals surface area contributed by atoms with E-state index in [9.17, 15) is 0 Å². The number of hydrogen-bond acceptors (Lipinski definition) is 7. The number of thiophene rings is 1. The van der Waals surface area contributed by atoms with E-state index in [1.165, 1.54) is 0 Å². The summed E-state index contributed by atoms with van der Waals surface area (Å²) in [7, 11) is 0. The van der Waals surface area contributed by atoms with E-state index < -0.39 is 0 Å². The Morgan fingerprint density at radius 3 is 2.57 bits per heavy atom. The standard InChI is InChI=1S/C20H23ClN4O2S/c1-2-27-15-5-3-14(4-6-15)16-13-28-19-17(16)18(22-20(21)23-19)25-9-7-24(8-10-25)11-12-26/h3-6,13,26H,2,7-12H2,1H3. The third-order valence-corrected chi connectivity index (χ3v) is 5.99. The maximum Gasteiger partial charge on any atom is 0.225 e. The number of aliphatic hydroxyl groups excluding tert-OH is 1. The lowest BCUT2D eigenvalue weighted by molar-refractivity contribution is 0.188. The third kappa shape index (κ3) is 3.93. The molecule has 0 atom stereocenters. The Morgan fingerprint density at radius 2 is 1.89 bits per heavy atom. The second kappa shape index (κ2) is 8.61. The van der Waals surface area contributed by atoms with Gasteiger partial charge in [-0.15, -0.1) is 11.3 Å². The van der Waals surface area contributed by atoms with Gasteiger partial charge in [-0.1, -0.05) is 12.1 Å². The largest absolute Gasteiger partial charge is 0.494 e. The lowest BCUT2D eigenvalue weighted by atomic mass is 10.1. The number of halogens is 1. The molecule has 1 N–H and O–H groups in total. The molecule has 1 aromatic carbocycles. The van der Waals surface area contributed by atoms with E-state index in [4.69, 9.17) is 21.4 Å². The SMILES string of the molecule is CCOc1ccc(-c2csc3nc(Cl)nc(N4CCN(CCO)CC4)c23)cc1. The second-order valence-corrected chi connectivity index (χ2v) is 7.85. The molecular weight excluding hydrogens is 396 g/mol. The summed E-state index contributed by atoms with van der Waals surface area (Å²) in [5.74, 6) is 1.76. The molecule has 1 fully saturated rings. The van der Waals surface area contributed by atoms with Gasteiger partial charge >= 0.3 is 0 Å². The molecule has 0 amide bonds. The highest BCUT2D eigenvalue weighted by Gasteiger charge is 2.23. The van der Waals surface area contributed by atoms with Gasteiger partial charge in [0.1, 0.15) is 16.4 Å². The summed E-state index contributed by atoms with van der Waals surface area (Å²) in [4.78, 5) is 14.5. The number of piperazine rings is 1. The van der Waals surface area contributed by atoms with Crippen molar-refractivity contribution in [2.75, 3.05) is 50.8 Å². The first kappa shape index (κ1) is 19.4. The number of anilines is 1. The molecule has 4 rings (SSSR count). The Balaban J connectivity index is 1.70. The van der Waals surface area contributed by atoms with E-state index in [0.717, 1.165) is 59.1 Å². The van der Waals surface area contributed by atoms with Crippen LogP contribution in [0.25, 0.3) is 21.3 Å². The molecule has 28 heavy (non-hydrogen) atoms. The van der Waals surface area contributed by atoms with E-state index in [1.54, 1.807) is 11.3 Å². The molecular formula is C20H23ClN4O2S. The quantitative estimate of drug-likeness (QED) is 0.618. The Labute approximate surface area is 173 Å². The minimum atomic E-state index is 0.190. The minimum Gasteiger partial charge on any atom is -0.494 e. The first-order valence-electron chi connectivity index (χ1n) is 9.45. The molecule has 0 spiro atoms. The zero-order valence-electron chi connectivity index (χ0n) is 15.8. The van der Waals surface area contributed by atoms with Crippen molar-refractivity contribution in [3.05, 3.63) is 34.9 Å². The van der Waals surface area contributed by atoms with Crippen LogP contribution >= 0.6 is 22.9 Å². The summed E-state index contributed by atoms with van der Waals surface area (Å²) >= 11 is 7.82. The van der Waals surface area contributed by atoms with Crippen molar-refractivity contribution in [3.63, 3.8) is 0 Å². The summed E-state index contributed by atoms with van der Waals surface area (Å²) < 4.78 is 5.56. The number of hydrogen-bond donors (Lipinski definition) is 1. The van der Waals surface area contributed by atoms with Crippen molar-refractivity contribution in [2.24, 2.45) is 0 Å². The van der Waals surface area contributed by atoms with E-state index >= 15 is 0 Å². The molecule has 3 heterocycles. The van der Waals surface area contributed by atoms with Gasteiger partial charge in [-0.2, -0.15) is 4.98 Å². The maximum absolute atomic E-state index is 9.17. The highest BCUT2D eigenvalue weighted by atomic mass is 35.5. The molecule has 0 unspecified atom stereocenters. The number of aliphatic hydroxyl groups is 1. The topological polar surface area (TPSA) is 61.7 Å². The fraction of sp³-hybridized carbons (Fsp3) is 0.400. The van der Waals surface area contributed by atoms with Gasteiger partial charge in [0.2, 0.25) is 5.28 Å². The molecule has 8 heteroatoms. The first-order chi connectivity index (χ1) is 13.7. The zero-order valence-corrected chi connectivity index (χ0v) is 17.3. The van der Waals surface area contributed by atoms with Crippen molar-refractivity contribution < 1.29 is 9.84 Å². The summed E-state index contributed by atoms with van der Waals surface area (Å²) in [6.07, 6.45) is 0. The van der Waals surface area contributed by atoms with Gasteiger partial charge in [0.15, 0.2) is 0 Å². The lowest BCUT2D eigenvalue weighted by Gasteiger charge is -2.35. The fourth-order valence-electron chi connectivity index (χ4n) is 3.56. The molecule has 3 aromatic rings. The van der Waals surface area contributed by atoms with Gasteiger partial charge in [0, 0.05) is 43.7 Å². The van der Waals surface area contributed by atoms with E-state index in [0.29, 0.717) is 13.2 Å². The van der Waals surface area contributed by atoms with Gasteiger partial charge in [0.25, 0.3) is 0 Å². The molecule has 1 saturated heterocycles. The Hall–Kier alpha value is -1.93. The van der Waals surface area contributed by atoms with Crippen LogP contribution in [0.5, 0.6) is 5.75 Å². The lowest BCUT2D eigenvalue weighted by Crippen LogP contribution is -2.47. The maximum atomic E-state index is 9.17. The van der Waals surface area contributed by atoms with E-state index in [2.05, 4.69) is 37.3 Å². The predicted molar refractivity (Wildman–Crippen MR) is 115 cm³/mol. The summed E-state index contributed by atoms with van der Waals surface area (Å²) in [5, 5.41) is 12.6. The van der Waals surface area contributed by atoms with Crippen LogP contribution < -0.4 is 9.64 Å². The van der Waals surface area contributed by atoms with Crippen molar-refractivity contribution in [1.82, 2.24) is 14.9 Å². The average molecular weight is 419 g/mol. The number of nitrogens with zero attached hydrogens (tertiary/aromatic N) is 4. The Kier molecular flexibility index (Phi) is 5.96. The van der Waals surface area contributed by atoms with Crippen LogP contribution in [0.15, 0.2) is 29.6 Å². The van der Waals surface area contributed by atoms with E-state index in [1.807, 2.05) is 19.1 Å². The molecule has 2 aromatic heterocycles. The molecule has 0 aliphatic carbocycles. The molecule has 0 bridgehead atoms. The third-order valence-electron chi connectivity index (χ3n) is 4.95. The van der Waals surface area contributed by atoms with Gasteiger partial charge in [-0.05, 0) is 36.2 Å². The van der Waals surface area contributed by atoms with Crippen molar-refractivity contribution in [2.45, 2.75) is 6.92 Å². The first-order valence-corrected chi connectivity index (χ1v) is 10.7. The molecule has 0 saturated carbocycles. The zero-order chi connectivity index (χ0) is 19.5. The number of fused-ring (bicyclic) bond motifs is 1. The van der Waals surface area contributed by atoms with Gasteiger partial charge in [-0.25, -0.2) is 4.98 Å². The van der Waals surface area contributed by atoms with Crippen LogP contribution in [-0.4, -0.2) is 65.9 Å². The normalized spacial score (nSPS) is 15.3. The van der Waals surface area contributed by atoms with Crippen LogP contribution in [0, 0.1) is 0 Å². The molecule has 148 valence electrons. The average Bonchev–Trinajstić information content (AvgIpc) is 3.13. The highest BCUT2D eigenvalue weighted by molar-refractivity contribution is 7.17. The van der Waals surface area contributed by atoms with Crippen LogP contribution in [0.4, 0.5) is 5.82 Å². The molecule has 1 aliphatic heterocycles. The highest BCUT2D eigenvalue weighted by Crippen LogP contribution is 2.39. The number of benzene rings is 1. The van der Waals surface area contributed by atoms with Crippen molar-refractivity contribution in [1.29, 1.82) is 0 Å². The second-order valence-electron chi connectivity index (χ2n) is 6.66. The molecule has 0 radical (unpaired) electrons. The smallest absolute Gasteiger partial charge is 0.225 e. The monoisotopic (exact) mass is 418 g/mol. The number of β-amino-alcohol motifs (C(OH)–C–C–N with tert-alkyl or cyclic N) is 1.